The number of rotatable bonds is 4. The summed E-state index contributed by atoms with van der Waals surface area (Å²) < 4.78 is 0. The first kappa shape index (κ1) is 15.1. The van der Waals surface area contributed by atoms with Crippen LogP contribution in [0, 0.1) is 0 Å². The number of aliphatic hydroxyl groups excluding tert-OH is 1. The fourth-order valence-electron chi connectivity index (χ4n) is 0.961. The summed E-state index contributed by atoms with van der Waals surface area (Å²) in [6, 6.07) is 6.89. The molecule has 0 aliphatic rings. The smallest absolute Gasteiger partial charge is 0.322 e. The van der Waals surface area contributed by atoms with Gasteiger partial charge in [0.25, 0.3) is 0 Å². The lowest BCUT2D eigenvalue weighted by molar-refractivity contribution is -0.139. The van der Waals surface area contributed by atoms with Gasteiger partial charge in [0.2, 0.25) is 0 Å². The second-order valence-electron chi connectivity index (χ2n) is 3.16. The van der Waals surface area contributed by atoms with Crippen LogP contribution >= 0.6 is 0 Å². The molecule has 4 nitrogen and oxygen atoms in total. The predicted molar refractivity (Wildman–Crippen MR) is 69.3 cm³/mol. The lowest BCUT2D eigenvalue weighted by Gasteiger charge is -1.96. The van der Waals surface area contributed by atoms with Gasteiger partial charge >= 0.3 is 5.97 Å². The van der Waals surface area contributed by atoms with Crippen LogP contribution < -0.4 is 5.73 Å². The number of aliphatic hydroxyl groups is 1. The van der Waals surface area contributed by atoms with Crippen LogP contribution in [0.5, 0.6) is 0 Å². The molecule has 17 heavy (non-hydrogen) atoms. The van der Waals surface area contributed by atoms with E-state index in [1.807, 2.05) is 36.4 Å². The molecule has 0 fully saturated rings. The van der Waals surface area contributed by atoms with Gasteiger partial charge in [-0.05, 0) is 11.1 Å². The molecular weight excluding hydrogens is 218 g/mol. The second-order valence-corrected chi connectivity index (χ2v) is 3.16. The van der Waals surface area contributed by atoms with Crippen LogP contribution in [0.3, 0.4) is 0 Å². The summed E-state index contributed by atoms with van der Waals surface area (Å²) in [7, 11) is 0. The van der Waals surface area contributed by atoms with Crippen molar-refractivity contribution in [1.82, 2.24) is 0 Å². The third-order valence-electron chi connectivity index (χ3n) is 1.95. The average molecular weight is 235 g/mol. The molecular formula is C13H17NO3. The number of benzene rings is 1. The summed E-state index contributed by atoms with van der Waals surface area (Å²) in [6.07, 6.45) is 3.66. The number of carboxylic acids is 1. The van der Waals surface area contributed by atoms with Crippen LogP contribution in [0.2, 0.25) is 0 Å². The third-order valence-corrected chi connectivity index (χ3v) is 1.95. The molecule has 0 heterocycles. The first-order chi connectivity index (χ1) is 8.06. The van der Waals surface area contributed by atoms with E-state index in [9.17, 15) is 4.79 Å². The Labute approximate surface area is 101 Å². The normalized spacial score (nSPS) is 10.7. The van der Waals surface area contributed by atoms with Crippen LogP contribution in [0.25, 0.3) is 12.2 Å². The first-order valence-corrected chi connectivity index (χ1v) is 5.00. The predicted octanol–water partition coefficient (Wildman–Crippen LogP) is 1.36. The zero-order valence-electron chi connectivity index (χ0n) is 9.54. The Morgan fingerprint density at radius 3 is 1.88 bits per heavy atom. The Morgan fingerprint density at radius 1 is 1.29 bits per heavy atom. The topological polar surface area (TPSA) is 83.5 Å². The summed E-state index contributed by atoms with van der Waals surface area (Å²) in [6.45, 7) is 6.88. The number of nitrogens with two attached hydrogens (primary N) is 1. The number of carbonyl (C=O) groups is 1. The summed E-state index contributed by atoms with van der Waals surface area (Å²) >= 11 is 0. The highest BCUT2D eigenvalue weighted by Crippen LogP contribution is 2.10. The van der Waals surface area contributed by atoms with E-state index < -0.39 is 18.6 Å². The van der Waals surface area contributed by atoms with E-state index in [2.05, 4.69) is 13.2 Å². The van der Waals surface area contributed by atoms with Gasteiger partial charge in [0.1, 0.15) is 6.04 Å². The van der Waals surface area contributed by atoms with Crippen molar-refractivity contribution < 1.29 is 15.0 Å². The van der Waals surface area contributed by atoms with E-state index in [1.54, 1.807) is 0 Å². The molecule has 4 heteroatoms. The number of hydrogen-bond acceptors (Lipinski definition) is 3. The quantitative estimate of drug-likeness (QED) is 0.735. The molecule has 0 saturated heterocycles. The lowest BCUT2D eigenvalue weighted by Crippen LogP contribution is -2.33. The Hall–Kier alpha value is -1.91. The van der Waals surface area contributed by atoms with E-state index in [0.717, 1.165) is 11.1 Å². The maximum atomic E-state index is 9.65. The number of carboxylic acid groups (broad SMARTS) is 1. The molecule has 92 valence electrons. The van der Waals surface area contributed by atoms with Gasteiger partial charge in [0.05, 0.1) is 6.61 Å². The van der Waals surface area contributed by atoms with Gasteiger partial charge in [-0.2, -0.15) is 0 Å². The molecule has 0 unspecified atom stereocenters. The molecule has 1 aromatic carbocycles. The fraction of sp³-hybridized carbons (Fsp3) is 0.154. The van der Waals surface area contributed by atoms with Crippen molar-refractivity contribution in [3.63, 3.8) is 0 Å². The summed E-state index contributed by atoms with van der Waals surface area (Å²) in [5.74, 6) is -1.18. The SMILES string of the molecule is C=Cc1ccccc1C=C.N[C@@H](CO)C(=O)O. The molecule has 1 atom stereocenters. The maximum absolute atomic E-state index is 9.65. The van der Waals surface area contributed by atoms with Gasteiger partial charge in [0, 0.05) is 0 Å². The molecule has 1 rings (SSSR count). The molecule has 0 bridgehead atoms. The molecule has 0 amide bonds. The van der Waals surface area contributed by atoms with Crippen LogP contribution in [0.1, 0.15) is 11.1 Å². The molecule has 0 aromatic heterocycles. The molecule has 1 aromatic rings. The minimum atomic E-state index is -1.18. The molecule has 0 aliphatic heterocycles. The van der Waals surface area contributed by atoms with Crippen LogP contribution in [0.4, 0.5) is 0 Å². The van der Waals surface area contributed by atoms with Gasteiger partial charge in [-0.15, -0.1) is 0 Å². The van der Waals surface area contributed by atoms with Gasteiger partial charge in [-0.1, -0.05) is 49.6 Å². The van der Waals surface area contributed by atoms with Crippen molar-refractivity contribution in [3.05, 3.63) is 48.6 Å². The lowest BCUT2D eigenvalue weighted by atomic mass is 10.1. The van der Waals surface area contributed by atoms with Crippen LogP contribution in [-0.2, 0) is 4.79 Å². The van der Waals surface area contributed by atoms with E-state index >= 15 is 0 Å². The highest BCUT2D eigenvalue weighted by Gasteiger charge is 2.06. The molecule has 0 aliphatic carbocycles. The van der Waals surface area contributed by atoms with Gasteiger partial charge in [0.15, 0.2) is 0 Å². The molecule has 0 radical (unpaired) electrons. The number of aliphatic carboxylic acids is 1. The maximum Gasteiger partial charge on any atom is 0.322 e. The van der Waals surface area contributed by atoms with E-state index in [-0.39, 0.29) is 0 Å². The summed E-state index contributed by atoms with van der Waals surface area (Å²) in [5.41, 5.74) is 7.04. The van der Waals surface area contributed by atoms with Crippen molar-refractivity contribution in [2.45, 2.75) is 6.04 Å². The van der Waals surface area contributed by atoms with Crippen molar-refractivity contribution in [3.8, 4) is 0 Å². The Bertz CT molecular complexity index is 361. The van der Waals surface area contributed by atoms with Crippen LogP contribution in [0.15, 0.2) is 37.4 Å². The molecule has 4 N–H and O–H groups in total. The van der Waals surface area contributed by atoms with Gasteiger partial charge < -0.3 is 15.9 Å². The molecule has 0 saturated carbocycles. The summed E-state index contributed by atoms with van der Waals surface area (Å²) in [5, 5.41) is 15.9. The zero-order chi connectivity index (χ0) is 13.3. The average Bonchev–Trinajstić information content (AvgIpc) is 2.38. The minimum Gasteiger partial charge on any atom is -0.480 e. The summed E-state index contributed by atoms with van der Waals surface area (Å²) in [4.78, 5) is 9.65. The standard InChI is InChI=1S/C10H10.C3H7NO3/c1-3-9-7-5-6-8-10(9)4-2;4-2(1-5)3(6)7/h3-8H,1-2H2;2,5H,1,4H2,(H,6,7)/t;2-/m.0/s1. The monoisotopic (exact) mass is 235 g/mol. The number of hydrogen-bond donors (Lipinski definition) is 3. The molecule has 0 spiro atoms. The Morgan fingerprint density at radius 2 is 1.71 bits per heavy atom. The minimum absolute atomic E-state index is 0.505. The first-order valence-electron chi connectivity index (χ1n) is 5.00. The zero-order valence-corrected chi connectivity index (χ0v) is 9.54. The van der Waals surface area contributed by atoms with Crippen molar-refractivity contribution in [2.24, 2.45) is 5.73 Å². The largest absolute Gasteiger partial charge is 0.480 e. The van der Waals surface area contributed by atoms with Gasteiger partial charge in [-0.25, -0.2) is 0 Å². The van der Waals surface area contributed by atoms with E-state index in [4.69, 9.17) is 15.9 Å². The Balaban J connectivity index is 0.000000325. The fourth-order valence-corrected chi connectivity index (χ4v) is 0.961. The second kappa shape index (κ2) is 8.27. The third kappa shape index (κ3) is 5.65. The van der Waals surface area contributed by atoms with E-state index in [0.29, 0.717) is 0 Å². The van der Waals surface area contributed by atoms with E-state index in [1.165, 1.54) is 0 Å². The van der Waals surface area contributed by atoms with Crippen molar-refractivity contribution in [1.29, 1.82) is 0 Å². The van der Waals surface area contributed by atoms with Gasteiger partial charge in [-0.3, -0.25) is 4.79 Å². The highest BCUT2D eigenvalue weighted by atomic mass is 16.4. The van der Waals surface area contributed by atoms with Crippen LogP contribution in [-0.4, -0.2) is 28.8 Å². The Kier molecular flexibility index (Phi) is 7.34. The van der Waals surface area contributed by atoms with Crippen molar-refractivity contribution >= 4 is 18.1 Å². The van der Waals surface area contributed by atoms with Crippen molar-refractivity contribution in [2.75, 3.05) is 6.61 Å². The highest BCUT2D eigenvalue weighted by molar-refractivity contribution is 5.73.